The molecule has 6 N–H and O–H groups in total. The number of hydrogen-bond donors (Lipinski definition) is 6. The lowest BCUT2D eigenvalue weighted by molar-refractivity contribution is -0.385. The molecule has 0 spiro atoms. The zero-order valence-corrected chi connectivity index (χ0v) is 18.0. The van der Waals surface area contributed by atoms with Crippen LogP contribution in [0.5, 0.6) is 5.75 Å². The zero-order valence-electron chi connectivity index (χ0n) is 18.0. The molecule has 8 heteroatoms. The van der Waals surface area contributed by atoms with Crippen molar-refractivity contribution in [3.05, 3.63) is 65.4 Å². The Bertz CT molecular complexity index is 1060. The third kappa shape index (κ3) is 4.01. The summed E-state index contributed by atoms with van der Waals surface area (Å²) in [6, 6.07) is 13.5. The van der Waals surface area contributed by atoms with E-state index in [1.54, 1.807) is 12.1 Å². The van der Waals surface area contributed by atoms with Crippen LogP contribution in [-0.2, 0) is 11.2 Å². The number of ether oxygens (including phenoxy) is 2. The first-order valence-electron chi connectivity index (χ1n) is 10.6. The summed E-state index contributed by atoms with van der Waals surface area (Å²) in [6.45, 7) is 3.64. The van der Waals surface area contributed by atoms with E-state index in [-0.39, 0.29) is 5.75 Å². The van der Waals surface area contributed by atoms with Crippen molar-refractivity contribution in [3.63, 3.8) is 0 Å². The van der Waals surface area contributed by atoms with Gasteiger partial charge in [-0.25, -0.2) is 0 Å². The molecule has 172 valence electrons. The molecular formula is C24H29NO7. The fraction of sp³-hybridized carbons (Fsp3) is 0.417. The van der Waals surface area contributed by atoms with E-state index in [1.165, 1.54) is 5.56 Å². The van der Waals surface area contributed by atoms with Crippen molar-refractivity contribution in [2.45, 2.75) is 56.6 Å². The summed E-state index contributed by atoms with van der Waals surface area (Å²) in [5.74, 6) is -1.99. The van der Waals surface area contributed by atoms with E-state index in [0.29, 0.717) is 17.7 Å². The molecule has 5 atom stereocenters. The van der Waals surface area contributed by atoms with E-state index < -0.39 is 37.0 Å². The largest absolute Gasteiger partial charge is 0.454 e. The number of benzene rings is 2. The van der Waals surface area contributed by atoms with Crippen molar-refractivity contribution in [3.8, 4) is 5.75 Å². The van der Waals surface area contributed by atoms with Gasteiger partial charge in [-0.15, -0.1) is 0 Å². The monoisotopic (exact) mass is 443 g/mol. The molecule has 3 aromatic rings. The SMILES string of the molecule is CC(C)c1ccc(Cc2c[nH]c3cccc(O[C@]4(O)[C@H](O)O[C@H](CO)[C@@H](O)[C@@H]4O)c23)cc1. The fourth-order valence-electron chi connectivity index (χ4n) is 4.06. The Morgan fingerprint density at radius 3 is 2.47 bits per heavy atom. The molecule has 0 bridgehead atoms. The second kappa shape index (κ2) is 8.82. The van der Waals surface area contributed by atoms with Gasteiger partial charge in [0.05, 0.1) is 6.61 Å². The maximum atomic E-state index is 10.9. The number of aromatic nitrogens is 1. The molecule has 32 heavy (non-hydrogen) atoms. The van der Waals surface area contributed by atoms with Crippen molar-refractivity contribution in [2.75, 3.05) is 6.61 Å². The van der Waals surface area contributed by atoms with Crippen LogP contribution in [0.15, 0.2) is 48.7 Å². The van der Waals surface area contributed by atoms with Crippen molar-refractivity contribution in [1.82, 2.24) is 4.98 Å². The molecule has 1 saturated heterocycles. The third-order valence-corrected chi connectivity index (χ3v) is 6.03. The molecule has 1 fully saturated rings. The van der Waals surface area contributed by atoms with Crippen LogP contribution in [0.4, 0.5) is 0 Å². The minimum Gasteiger partial charge on any atom is -0.454 e. The topological polar surface area (TPSA) is 135 Å². The molecule has 0 radical (unpaired) electrons. The average Bonchev–Trinajstić information content (AvgIpc) is 3.19. The standard InChI is InChI=1S/C24H29NO7/c1-13(2)15-8-6-14(7-9-15)10-16-11-25-17-4-3-5-18(20(16)17)32-24(30)22(28)21(27)19(12-26)31-23(24)29/h3-9,11,13,19,21-23,25-30H,10,12H2,1-2H3/t19-,21-,22+,23-,24+/m1/s1. The molecule has 0 saturated carbocycles. The lowest BCUT2D eigenvalue weighted by Crippen LogP contribution is -2.69. The number of aliphatic hydroxyl groups is 5. The molecule has 1 aromatic heterocycles. The summed E-state index contributed by atoms with van der Waals surface area (Å²) in [7, 11) is 0. The predicted octanol–water partition coefficient (Wildman–Crippen LogP) is 1.38. The van der Waals surface area contributed by atoms with Crippen LogP contribution >= 0.6 is 0 Å². The highest BCUT2D eigenvalue weighted by atomic mass is 16.7. The number of H-pyrrole nitrogens is 1. The van der Waals surface area contributed by atoms with Gasteiger partial charge in [0.2, 0.25) is 6.29 Å². The minimum absolute atomic E-state index is 0.205. The highest BCUT2D eigenvalue weighted by molar-refractivity contribution is 5.89. The van der Waals surface area contributed by atoms with Crippen LogP contribution in [-0.4, -0.2) is 67.5 Å². The molecular weight excluding hydrogens is 414 g/mol. The van der Waals surface area contributed by atoms with Crippen LogP contribution in [0, 0.1) is 0 Å². The first-order valence-corrected chi connectivity index (χ1v) is 10.6. The fourth-order valence-corrected chi connectivity index (χ4v) is 4.06. The molecule has 1 aliphatic rings. The molecule has 8 nitrogen and oxygen atoms in total. The van der Waals surface area contributed by atoms with Crippen LogP contribution in [0.25, 0.3) is 10.9 Å². The Labute approximate surface area is 185 Å². The first-order chi connectivity index (χ1) is 15.2. The number of hydrogen-bond acceptors (Lipinski definition) is 7. The Morgan fingerprint density at radius 1 is 1.09 bits per heavy atom. The number of rotatable bonds is 6. The molecule has 0 aliphatic carbocycles. The molecule has 2 heterocycles. The van der Waals surface area contributed by atoms with Crippen molar-refractivity contribution < 1.29 is 35.0 Å². The summed E-state index contributed by atoms with van der Waals surface area (Å²) in [5.41, 5.74) is 3.98. The lowest BCUT2D eigenvalue weighted by atomic mass is 9.95. The quantitative estimate of drug-likeness (QED) is 0.317. The van der Waals surface area contributed by atoms with Crippen LogP contribution in [0.1, 0.15) is 36.5 Å². The smallest absolute Gasteiger partial charge is 0.288 e. The average molecular weight is 443 g/mol. The second-order valence-electron chi connectivity index (χ2n) is 8.56. The van der Waals surface area contributed by atoms with E-state index in [2.05, 4.69) is 43.1 Å². The molecule has 2 aromatic carbocycles. The van der Waals surface area contributed by atoms with E-state index in [4.69, 9.17) is 9.47 Å². The van der Waals surface area contributed by atoms with E-state index in [1.807, 2.05) is 12.3 Å². The van der Waals surface area contributed by atoms with Gasteiger partial charge in [0, 0.05) is 17.1 Å². The van der Waals surface area contributed by atoms with Gasteiger partial charge >= 0.3 is 0 Å². The highest BCUT2D eigenvalue weighted by Gasteiger charge is 2.57. The third-order valence-electron chi connectivity index (χ3n) is 6.03. The maximum Gasteiger partial charge on any atom is 0.288 e. The van der Waals surface area contributed by atoms with Gasteiger partial charge in [0.1, 0.15) is 18.0 Å². The van der Waals surface area contributed by atoms with Gasteiger partial charge in [-0.1, -0.05) is 44.2 Å². The molecule has 4 rings (SSSR count). The van der Waals surface area contributed by atoms with Gasteiger partial charge in [-0.3, -0.25) is 0 Å². The minimum atomic E-state index is -2.63. The van der Waals surface area contributed by atoms with Gasteiger partial charge < -0.3 is 40.0 Å². The van der Waals surface area contributed by atoms with Gasteiger partial charge in [-0.2, -0.15) is 0 Å². The Morgan fingerprint density at radius 2 is 1.81 bits per heavy atom. The van der Waals surface area contributed by atoms with Crippen molar-refractivity contribution in [1.29, 1.82) is 0 Å². The molecule has 1 aliphatic heterocycles. The second-order valence-corrected chi connectivity index (χ2v) is 8.56. The van der Waals surface area contributed by atoms with E-state index in [0.717, 1.165) is 16.6 Å². The predicted molar refractivity (Wildman–Crippen MR) is 117 cm³/mol. The van der Waals surface area contributed by atoms with Crippen LogP contribution < -0.4 is 4.74 Å². The molecule has 0 unspecified atom stereocenters. The number of aliphatic hydroxyl groups excluding tert-OH is 4. The first kappa shape index (κ1) is 22.7. The van der Waals surface area contributed by atoms with Gasteiger partial charge in [0.25, 0.3) is 5.79 Å². The van der Waals surface area contributed by atoms with Crippen molar-refractivity contribution in [2.24, 2.45) is 0 Å². The zero-order chi connectivity index (χ0) is 23.0. The lowest BCUT2D eigenvalue weighted by Gasteiger charge is -2.45. The van der Waals surface area contributed by atoms with Gasteiger partial charge in [-0.05, 0) is 41.2 Å². The molecule has 0 amide bonds. The summed E-state index contributed by atoms with van der Waals surface area (Å²) in [4.78, 5) is 3.18. The van der Waals surface area contributed by atoms with Crippen molar-refractivity contribution >= 4 is 10.9 Å². The summed E-state index contributed by atoms with van der Waals surface area (Å²) >= 11 is 0. The normalized spacial score (nSPS) is 28.4. The maximum absolute atomic E-state index is 10.9. The summed E-state index contributed by atoms with van der Waals surface area (Å²) in [5, 5.41) is 51.7. The summed E-state index contributed by atoms with van der Waals surface area (Å²) in [6.07, 6.45) is -4.37. The van der Waals surface area contributed by atoms with Crippen LogP contribution in [0.3, 0.4) is 0 Å². The van der Waals surface area contributed by atoms with E-state index >= 15 is 0 Å². The number of fused-ring (bicyclic) bond motifs is 1. The number of nitrogens with one attached hydrogen (secondary N) is 1. The summed E-state index contributed by atoms with van der Waals surface area (Å²) < 4.78 is 10.8. The van der Waals surface area contributed by atoms with Crippen LogP contribution in [0.2, 0.25) is 0 Å². The Kier molecular flexibility index (Phi) is 6.26. The Hall–Kier alpha value is -2.46. The van der Waals surface area contributed by atoms with Gasteiger partial charge in [0.15, 0.2) is 6.10 Å². The Balaban J connectivity index is 1.66. The highest BCUT2D eigenvalue weighted by Crippen LogP contribution is 2.36. The number of aromatic amines is 1. The van der Waals surface area contributed by atoms with E-state index in [9.17, 15) is 25.5 Å².